The smallest absolute Gasteiger partial charge is 0.315 e. The molecule has 0 saturated carbocycles. The van der Waals surface area contributed by atoms with Gasteiger partial charge in [0, 0.05) is 24.7 Å². The van der Waals surface area contributed by atoms with Crippen molar-refractivity contribution in [2.24, 2.45) is 0 Å². The Morgan fingerprint density at radius 1 is 1.19 bits per heavy atom. The van der Waals surface area contributed by atoms with Crippen LogP contribution in [0.2, 0.25) is 0 Å². The van der Waals surface area contributed by atoms with Crippen LogP contribution in [0.25, 0.3) is 0 Å². The first kappa shape index (κ1) is 11.4. The molecule has 0 radical (unpaired) electrons. The van der Waals surface area contributed by atoms with Crippen LogP contribution in [0.1, 0.15) is 39.5 Å². The molecule has 1 saturated heterocycles. The molecule has 0 amide bonds. The highest BCUT2D eigenvalue weighted by molar-refractivity contribution is 5.20. The number of ether oxygens (including phenoxy) is 1. The van der Waals surface area contributed by atoms with Crippen LogP contribution < -0.4 is 5.32 Å². The summed E-state index contributed by atoms with van der Waals surface area (Å²) in [5, 5.41) is 11.3. The average molecular weight is 225 g/mol. The molecule has 0 bridgehead atoms. The van der Waals surface area contributed by atoms with Gasteiger partial charge in [-0.15, -0.1) is 5.10 Å². The van der Waals surface area contributed by atoms with E-state index in [9.17, 15) is 0 Å². The van der Waals surface area contributed by atoms with Crippen molar-refractivity contribution in [1.29, 1.82) is 0 Å². The maximum absolute atomic E-state index is 5.58. The summed E-state index contributed by atoms with van der Waals surface area (Å²) >= 11 is 0. The van der Waals surface area contributed by atoms with Crippen LogP contribution in [0.3, 0.4) is 0 Å². The fourth-order valence-corrected chi connectivity index (χ4v) is 1.60. The summed E-state index contributed by atoms with van der Waals surface area (Å²) in [5.41, 5.74) is -0.0946. The number of nitrogens with zero attached hydrogens (tertiary/aromatic N) is 2. The van der Waals surface area contributed by atoms with E-state index in [0.717, 1.165) is 26.1 Å². The largest absolute Gasteiger partial charge is 0.408 e. The average Bonchev–Trinajstić information content (AvgIpc) is 2.67. The van der Waals surface area contributed by atoms with E-state index in [1.165, 1.54) is 0 Å². The first-order valence-electron chi connectivity index (χ1n) is 5.74. The normalized spacial score (nSPS) is 18.7. The predicted octanol–water partition coefficient (Wildman–Crippen LogP) is 1.96. The number of hydrogen-bond donors (Lipinski definition) is 1. The van der Waals surface area contributed by atoms with Gasteiger partial charge < -0.3 is 14.5 Å². The van der Waals surface area contributed by atoms with Crippen molar-refractivity contribution in [3.63, 3.8) is 0 Å². The van der Waals surface area contributed by atoms with E-state index in [1.807, 2.05) is 0 Å². The summed E-state index contributed by atoms with van der Waals surface area (Å²) in [6.45, 7) is 7.77. The van der Waals surface area contributed by atoms with E-state index in [4.69, 9.17) is 9.15 Å². The fourth-order valence-electron chi connectivity index (χ4n) is 1.60. The highest BCUT2D eigenvalue weighted by Gasteiger charge is 2.22. The lowest BCUT2D eigenvalue weighted by atomic mass is 9.97. The van der Waals surface area contributed by atoms with E-state index in [2.05, 4.69) is 36.3 Å². The lowest BCUT2D eigenvalue weighted by Gasteiger charge is -2.21. The number of aromatic nitrogens is 2. The molecule has 1 aliphatic rings. The van der Waals surface area contributed by atoms with Gasteiger partial charge in [0.25, 0.3) is 0 Å². The third-order valence-corrected chi connectivity index (χ3v) is 2.62. The molecule has 0 spiro atoms. The van der Waals surface area contributed by atoms with Gasteiger partial charge in [-0.2, -0.15) is 0 Å². The van der Waals surface area contributed by atoms with Gasteiger partial charge in [0.15, 0.2) is 0 Å². The Hall–Kier alpha value is -1.10. The quantitative estimate of drug-likeness (QED) is 0.833. The number of nitrogens with one attached hydrogen (secondary N) is 1. The van der Waals surface area contributed by atoms with Gasteiger partial charge >= 0.3 is 6.01 Å². The summed E-state index contributed by atoms with van der Waals surface area (Å²) < 4.78 is 10.9. The topological polar surface area (TPSA) is 60.2 Å². The molecule has 90 valence electrons. The van der Waals surface area contributed by atoms with Gasteiger partial charge in [-0.25, -0.2) is 0 Å². The molecular formula is C11H19N3O2. The molecule has 16 heavy (non-hydrogen) atoms. The molecule has 1 fully saturated rings. The summed E-state index contributed by atoms with van der Waals surface area (Å²) in [6.07, 6.45) is 1.99. The molecule has 5 heteroatoms. The predicted molar refractivity (Wildman–Crippen MR) is 60.5 cm³/mol. The van der Waals surface area contributed by atoms with Crippen LogP contribution in [0.4, 0.5) is 6.01 Å². The second-order valence-corrected chi connectivity index (χ2v) is 5.19. The van der Waals surface area contributed by atoms with E-state index in [-0.39, 0.29) is 5.41 Å². The molecule has 0 atom stereocenters. The van der Waals surface area contributed by atoms with E-state index < -0.39 is 0 Å². The van der Waals surface area contributed by atoms with Crippen molar-refractivity contribution in [1.82, 2.24) is 10.2 Å². The van der Waals surface area contributed by atoms with Crippen molar-refractivity contribution in [2.45, 2.75) is 45.1 Å². The minimum Gasteiger partial charge on any atom is -0.408 e. The highest BCUT2D eigenvalue weighted by Crippen LogP contribution is 2.23. The summed E-state index contributed by atoms with van der Waals surface area (Å²) in [7, 11) is 0. The first-order valence-corrected chi connectivity index (χ1v) is 5.74. The van der Waals surface area contributed by atoms with Crippen molar-refractivity contribution in [3.8, 4) is 0 Å². The zero-order chi connectivity index (χ0) is 11.6. The fraction of sp³-hybridized carbons (Fsp3) is 0.818. The molecule has 0 unspecified atom stereocenters. The Balaban J connectivity index is 1.97. The SMILES string of the molecule is CC(C)(C)c1nnc(NC2CCOCC2)o1. The van der Waals surface area contributed by atoms with Crippen molar-refractivity contribution < 1.29 is 9.15 Å². The van der Waals surface area contributed by atoms with Crippen LogP contribution in [-0.2, 0) is 10.2 Å². The second-order valence-electron chi connectivity index (χ2n) is 5.19. The first-order chi connectivity index (χ1) is 7.55. The van der Waals surface area contributed by atoms with Gasteiger partial charge in [0.1, 0.15) is 0 Å². The lowest BCUT2D eigenvalue weighted by molar-refractivity contribution is 0.0899. The Morgan fingerprint density at radius 2 is 1.88 bits per heavy atom. The second kappa shape index (κ2) is 4.41. The molecular weight excluding hydrogens is 206 g/mol. The summed E-state index contributed by atoms with van der Waals surface area (Å²) in [5.74, 6) is 0.669. The van der Waals surface area contributed by atoms with Crippen molar-refractivity contribution >= 4 is 6.01 Å². The van der Waals surface area contributed by atoms with Crippen molar-refractivity contribution in [2.75, 3.05) is 18.5 Å². The minimum atomic E-state index is -0.0946. The van der Waals surface area contributed by atoms with Crippen LogP contribution in [0, 0.1) is 0 Å². The highest BCUT2D eigenvalue weighted by atomic mass is 16.5. The molecule has 1 aromatic rings. The Kier molecular flexibility index (Phi) is 3.14. The Bertz CT molecular complexity index is 337. The Morgan fingerprint density at radius 3 is 2.44 bits per heavy atom. The molecule has 1 aliphatic heterocycles. The van der Waals surface area contributed by atoms with Gasteiger partial charge in [-0.3, -0.25) is 0 Å². The number of hydrogen-bond acceptors (Lipinski definition) is 5. The molecule has 0 aliphatic carbocycles. The summed E-state index contributed by atoms with van der Waals surface area (Å²) in [6, 6.07) is 0.916. The standard InChI is InChI=1S/C11H19N3O2/c1-11(2,3)9-13-14-10(16-9)12-8-4-6-15-7-5-8/h8H,4-7H2,1-3H3,(H,12,14). The van der Waals surface area contributed by atoms with E-state index in [1.54, 1.807) is 0 Å². The third-order valence-electron chi connectivity index (χ3n) is 2.62. The van der Waals surface area contributed by atoms with Gasteiger partial charge in [0.05, 0.1) is 0 Å². The van der Waals surface area contributed by atoms with Crippen LogP contribution >= 0.6 is 0 Å². The molecule has 5 nitrogen and oxygen atoms in total. The third kappa shape index (κ3) is 2.72. The summed E-state index contributed by atoms with van der Waals surface area (Å²) in [4.78, 5) is 0. The number of anilines is 1. The molecule has 1 aromatic heterocycles. The maximum atomic E-state index is 5.58. The van der Waals surface area contributed by atoms with Crippen LogP contribution in [0.5, 0.6) is 0 Å². The maximum Gasteiger partial charge on any atom is 0.315 e. The minimum absolute atomic E-state index is 0.0946. The van der Waals surface area contributed by atoms with E-state index >= 15 is 0 Å². The van der Waals surface area contributed by atoms with Crippen molar-refractivity contribution in [3.05, 3.63) is 5.89 Å². The van der Waals surface area contributed by atoms with Gasteiger partial charge in [-0.05, 0) is 12.8 Å². The zero-order valence-electron chi connectivity index (χ0n) is 10.1. The van der Waals surface area contributed by atoms with E-state index in [0.29, 0.717) is 17.9 Å². The molecule has 2 heterocycles. The molecule has 0 aromatic carbocycles. The lowest BCUT2D eigenvalue weighted by Crippen LogP contribution is -2.27. The zero-order valence-corrected chi connectivity index (χ0v) is 10.1. The monoisotopic (exact) mass is 225 g/mol. The van der Waals surface area contributed by atoms with Gasteiger partial charge in [0.2, 0.25) is 5.89 Å². The molecule has 1 N–H and O–H groups in total. The van der Waals surface area contributed by atoms with Crippen LogP contribution in [-0.4, -0.2) is 29.5 Å². The Labute approximate surface area is 95.6 Å². The van der Waals surface area contributed by atoms with Gasteiger partial charge in [-0.1, -0.05) is 25.9 Å². The van der Waals surface area contributed by atoms with Crippen LogP contribution in [0.15, 0.2) is 4.42 Å². The number of rotatable bonds is 2. The molecule has 2 rings (SSSR count).